The Hall–Kier alpha value is -1.38. The summed E-state index contributed by atoms with van der Waals surface area (Å²) in [5.74, 6) is 0.813. The van der Waals surface area contributed by atoms with E-state index >= 15 is 0 Å². The Morgan fingerprint density at radius 3 is 2.67 bits per heavy atom. The first-order valence-corrected chi connectivity index (χ1v) is 10.9. The summed E-state index contributed by atoms with van der Waals surface area (Å²) in [7, 11) is 0. The topological polar surface area (TPSA) is 50.2 Å². The summed E-state index contributed by atoms with van der Waals surface area (Å²) in [5.41, 5.74) is 4.94. The second-order valence-corrected chi connectivity index (χ2v) is 10.7. The highest BCUT2D eigenvalue weighted by atomic mass is 16.4. The third kappa shape index (κ3) is 2.93. The minimum absolute atomic E-state index is 0.167. The van der Waals surface area contributed by atoms with E-state index in [9.17, 15) is 4.79 Å². The number of hydrogen-bond acceptors (Lipinski definition) is 2. The van der Waals surface area contributed by atoms with E-state index in [2.05, 4.69) is 38.7 Å². The molecule has 0 amide bonds. The molecule has 3 heteroatoms. The summed E-state index contributed by atoms with van der Waals surface area (Å²) in [6.07, 6.45) is 11.8. The number of rotatable bonds is 3. The molecule has 3 aliphatic carbocycles. The number of hydrogen-bond donors (Lipinski definition) is 1. The van der Waals surface area contributed by atoms with Gasteiger partial charge in [0.15, 0.2) is 0 Å². The molecule has 1 aromatic rings. The van der Waals surface area contributed by atoms with E-state index in [0.717, 1.165) is 24.0 Å². The third-order valence-corrected chi connectivity index (χ3v) is 8.75. The van der Waals surface area contributed by atoms with Gasteiger partial charge in [-0.1, -0.05) is 34.1 Å². The Bertz CT molecular complexity index is 755. The van der Waals surface area contributed by atoms with Gasteiger partial charge in [0, 0.05) is 18.3 Å². The molecule has 2 fully saturated rings. The summed E-state index contributed by atoms with van der Waals surface area (Å²) in [4.78, 5) is 15.6. The van der Waals surface area contributed by atoms with Gasteiger partial charge in [-0.15, -0.1) is 0 Å². The molecule has 0 saturated heterocycles. The number of fused-ring (bicyclic) bond motifs is 5. The highest BCUT2D eigenvalue weighted by molar-refractivity contribution is 5.67. The second kappa shape index (κ2) is 6.32. The van der Waals surface area contributed by atoms with E-state index in [4.69, 9.17) is 5.11 Å². The lowest BCUT2D eigenvalue weighted by Crippen LogP contribution is -2.57. The fraction of sp³-hybridized carbons (Fsp3) is 0.750. The van der Waals surface area contributed by atoms with Crippen LogP contribution in [0.1, 0.15) is 89.5 Å². The Morgan fingerprint density at radius 1 is 1.15 bits per heavy atom. The van der Waals surface area contributed by atoms with Crippen LogP contribution in [0.15, 0.2) is 12.3 Å². The molecule has 0 spiro atoms. The molecule has 1 heterocycles. The van der Waals surface area contributed by atoms with Gasteiger partial charge in [-0.05, 0) is 83.8 Å². The summed E-state index contributed by atoms with van der Waals surface area (Å²) >= 11 is 0. The van der Waals surface area contributed by atoms with Gasteiger partial charge in [0.2, 0.25) is 0 Å². The SMILES string of the molecule is CC1(C)CCCC2(C)C1CCC1(C)c3cc(CCC(=O)O)ncc3CCC12. The molecule has 1 aromatic heterocycles. The molecule has 3 nitrogen and oxygen atoms in total. The molecule has 3 aliphatic rings. The Labute approximate surface area is 164 Å². The van der Waals surface area contributed by atoms with Crippen molar-refractivity contribution in [3.05, 3.63) is 29.1 Å². The molecule has 27 heavy (non-hydrogen) atoms. The van der Waals surface area contributed by atoms with Gasteiger partial charge in [0.05, 0.1) is 6.42 Å². The summed E-state index contributed by atoms with van der Waals surface area (Å²) < 4.78 is 0. The third-order valence-electron chi connectivity index (χ3n) is 8.75. The van der Waals surface area contributed by atoms with Crippen LogP contribution in [0.25, 0.3) is 0 Å². The fourth-order valence-electron chi connectivity index (χ4n) is 7.55. The van der Waals surface area contributed by atoms with Gasteiger partial charge in [-0.25, -0.2) is 0 Å². The van der Waals surface area contributed by atoms with Crippen molar-refractivity contribution in [1.82, 2.24) is 4.98 Å². The molecule has 148 valence electrons. The highest BCUT2D eigenvalue weighted by Crippen LogP contribution is 2.66. The molecule has 4 rings (SSSR count). The second-order valence-electron chi connectivity index (χ2n) is 10.7. The number of nitrogens with zero attached hydrogens (tertiary/aromatic N) is 1. The zero-order valence-electron chi connectivity index (χ0n) is 17.5. The minimum atomic E-state index is -0.740. The lowest BCUT2D eigenvalue weighted by molar-refractivity contribution is -0.136. The maximum atomic E-state index is 11.0. The normalized spacial score (nSPS) is 37.0. The summed E-state index contributed by atoms with van der Waals surface area (Å²) in [5, 5.41) is 9.04. The first-order chi connectivity index (χ1) is 12.7. The minimum Gasteiger partial charge on any atom is -0.481 e. The number of carbonyl (C=O) groups is 1. The zero-order chi connectivity index (χ0) is 19.4. The van der Waals surface area contributed by atoms with Gasteiger partial charge in [-0.3, -0.25) is 9.78 Å². The fourth-order valence-corrected chi connectivity index (χ4v) is 7.55. The van der Waals surface area contributed by atoms with Crippen LogP contribution in [-0.4, -0.2) is 16.1 Å². The number of carboxylic acids is 1. The van der Waals surface area contributed by atoms with E-state index in [1.54, 1.807) is 0 Å². The van der Waals surface area contributed by atoms with Crippen molar-refractivity contribution in [2.75, 3.05) is 0 Å². The number of aromatic nitrogens is 1. The first kappa shape index (κ1) is 19.0. The monoisotopic (exact) mass is 369 g/mol. The van der Waals surface area contributed by atoms with Crippen LogP contribution < -0.4 is 0 Å². The van der Waals surface area contributed by atoms with Crippen LogP contribution in [-0.2, 0) is 23.1 Å². The maximum Gasteiger partial charge on any atom is 0.303 e. The average molecular weight is 370 g/mol. The van der Waals surface area contributed by atoms with E-state index in [1.807, 2.05) is 6.20 Å². The average Bonchev–Trinajstić information content (AvgIpc) is 2.59. The molecule has 0 radical (unpaired) electrons. The quantitative estimate of drug-likeness (QED) is 0.760. The zero-order valence-corrected chi connectivity index (χ0v) is 17.5. The van der Waals surface area contributed by atoms with Crippen molar-refractivity contribution < 1.29 is 9.90 Å². The smallest absolute Gasteiger partial charge is 0.303 e. The van der Waals surface area contributed by atoms with Crippen molar-refractivity contribution in [3.63, 3.8) is 0 Å². The summed E-state index contributed by atoms with van der Waals surface area (Å²) in [6.45, 7) is 10.1. The van der Waals surface area contributed by atoms with Crippen LogP contribution in [0.2, 0.25) is 0 Å². The van der Waals surface area contributed by atoms with E-state index in [-0.39, 0.29) is 11.8 Å². The van der Waals surface area contributed by atoms with Crippen LogP contribution in [0, 0.1) is 22.7 Å². The standard InChI is InChI=1S/C24H35NO2/c1-22(2)11-5-12-24(4)19(22)10-13-23(3)18-14-17(7-9-21(26)27)25-15-16(18)6-8-20(23)24/h14-15,19-20H,5-13H2,1-4H3,(H,26,27). The predicted octanol–water partition coefficient (Wildman–Crippen LogP) is 5.55. The molecule has 0 aromatic carbocycles. The number of pyridine rings is 1. The summed E-state index contributed by atoms with van der Waals surface area (Å²) in [6, 6.07) is 2.27. The van der Waals surface area contributed by atoms with Crippen molar-refractivity contribution in [1.29, 1.82) is 0 Å². The van der Waals surface area contributed by atoms with Gasteiger partial charge < -0.3 is 5.11 Å². The van der Waals surface area contributed by atoms with Crippen molar-refractivity contribution in [3.8, 4) is 0 Å². The van der Waals surface area contributed by atoms with Crippen molar-refractivity contribution in [2.24, 2.45) is 22.7 Å². The van der Waals surface area contributed by atoms with E-state index < -0.39 is 5.97 Å². The number of carboxylic acid groups (broad SMARTS) is 1. The molecule has 4 atom stereocenters. The van der Waals surface area contributed by atoms with Crippen LogP contribution in [0.3, 0.4) is 0 Å². The van der Waals surface area contributed by atoms with Gasteiger partial charge in [0.25, 0.3) is 0 Å². The molecule has 4 unspecified atom stereocenters. The molecular weight excluding hydrogens is 334 g/mol. The van der Waals surface area contributed by atoms with Crippen LogP contribution >= 0.6 is 0 Å². The lowest BCUT2D eigenvalue weighted by atomic mass is 9.40. The molecular formula is C24H35NO2. The molecule has 0 aliphatic heterocycles. The van der Waals surface area contributed by atoms with Crippen molar-refractivity contribution in [2.45, 2.75) is 90.9 Å². The Kier molecular flexibility index (Phi) is 4.44. The van der Waals surface area contributed by atoms with E-state index in [0.29, 0.717) is 17.3 Å². The van der Waals surface area contributed by atoms with Crippen LogP contribution in [0.4, 0.5) is 0 Å². The highest BCUT2D eigenvalue weighted by Gasteiger charge is 2.59. The molecule has 2 saturated carbocycles. The van der Waals surface area contributed by atoms with E-state index in [1.165, 1.54) is 49.7 Å². The molecule has 0 bridgehead atoms. The first-order valence-electron chi connectivity index (χ1n) is 10.9. The van der Waals surface area contributed by atoms with Gasteiger partial charge >= 0.3 is 5.97 Å². The van der Waals surface area contributed by atoms with Crippen molar-refractivity contribution >= 4 is 5.97 Å². The largest absolute Gasteiger partial charge is 0.481 e. The Morgan fingerprint density at radius 2 is 1.93 bits per heavy atom. The number of aryl methyl sites for hydroxylation is 2. The van der Waals surface area contributed by atoms with Gasteiger partial charge in [-0.2, -0.15) is 0 Å². The Balaban J connectivity index is 1.71. The predicted molar refractivity (Wildman–Crippen MR) is 108 cm³/mol. The lowest BCUT2D eigenvalue weighted by Gasteiger charge is -2.64. The molecule has 1 N–H and O–H groups in total. The maximum absolute atomic E-state index is 11.0. The van der Waals surface area contributed by atoms with Gasteiger partial charge in [0.1, 0.15) is 0 Å². The van der Waals surface area contributed by atoms with Crippen LogP contribution in [0.5, 0.6) is 0 Å². The number of aliphatic carboxylic acids is 1.